The Labute approximate surface area is 105 Å². The summed E-state index contributed by atoms with van der Waals surface area (Å²) in [6.45, 7) is 4.09. The molecule has 1 amide bonds. The summed E-state index contributed by atoms with van der Waals surface area (Å²) in [6.07, 6.45) is 11.7. The second-order valence-corrected chi connectivity index (χ2v) is 5.62. The van der Waals surface area contributed by atoms with Crippen LogP contribution in [0.15, 0.2) is 0 Å². The monoisotopic (exact) mass is 236 g/mol. The first kappa shape index (κ1) is 14.1. The zero-order valence-corrected chi connectivity index (χ0v) is 11.0. The van der Waals surface area contributed by atoms with E-state index in [-0.39, 0.29) is 5.91 Å². The Morgan fingerprint density at radius 3 is 2.29 bits per heavy atom. The van der Waals surface area contributed by atoms with Gasteiger partial charge in [-0.2, -0.15) is 0 Å². The first-order valence-electron chi connectivity index (χ1n) is 6.46. The van der Waals surface area contributed by atoms with Crippen molar-refractivity contribution in [3.63, 3.8) is 0 Å². The second-order valence-electron chi connectivity index (χ2n) is 5.62. The first-order valence-corrected chi connectivity index (χ1v) is 6.46. The highest BCUT2D eigenvalue weighted by Crippen LogP contribution is 2.34. The third kappa shape index (κ3) is 3.47. The number of rotatable bonds is 3. The molecule has 0 bridgehead atoms. The fourth-order valence-corrected chi connectivity index (χ4v) is 2.38. The Morgan fingerprint density at radius 1 is 1.35 bits per heavy atom. The molecule has 3 heteroatoms. The van der Waals surface area contributed by atoms with Gasteiger partial charge in [0, 0.05) is 6.54 Å². The molecule has 0 atom stereocenters. The van der Waals surface area contributed by atoms with Crippen LogP contribution in [0.5, 0.6) is 0 Å². The molecule has 96 valence electrons. The number of nitrogens with one attached hydrogen (secondary N) is 1. The van der Waals surface area contributed by atoms with Crippen LogP contribution in [-0.4, -0.2) is 18.0 Å². The minimum Gasteiger partial charge on any atom is -0.340 e. The molecule has 0 unspecified atom stereocenters. The molecule has 0 radical (unpaired) electrons. The van der Waals surface area contributed by atoms with E-state index in [1.807, 2.05) is 13.8 Å². The van der Waals surface area contributed by atoms with E-state index in [9.17, 15) is 4.79 Å². The third-order valence-electron chi connectivity index (χ3n) is 3.72. The first-order chi connectivity index (χ1) is 7.96. The van der Waals surface area contributed by atoms with Crippen molar-refractivity contribution in [2.45, 2.75) is 57.9 Å². The van der Waals surface area contributed by atoms with Crippen LogP contribution in [0.3, 0.4) is 0 Å². The Morgan fingerprint density at radius 2 is 1.88 bits per heavy atom. The fourth-order valence-electron chi connectivity index (χ4n) is 2.38. The van der Waals surface area contributed by atoms with Crippen LogP contribution in [-0.2, 0) is 4.79 Å². The summed E-state index contributed by atoms with van der Waals surface area (Å²) in [7, 11) is 0. The smallest absolute Gasteiger partial charge is 0.228 e. The van der Waals surface area contributed by atoms with Crippen molar-refractivity contribution < 1.29 is 4.79 Å². The number of carbonyl (C=O) groups excluding carboxylic acids is 1. The van der Waals surface area contributed by atoms with Crippen LogP contribution in [0.25, 0.3) is 0 Å². The Bertz CT molecular complexity index is 307. The van der Waals surface area contributed by atoms with Gasteiger partial charge in [0.2, 0.25) is 5.91 Å². The zero-order chi connectivity index (χ0) is 12.9. The van der Waals surface area contributed by atoms with E-state index < -0.39 is 11.0 Å². The van der Waals surface area contributed by atoms with Gasteiger partial charge >= 0.3 is 0 Å². The summed E-state index contributed by atoms with van der Waals surface area (Å²) in [6, 6.07) is 0. The largest absolute Gasteiger partial charge is 0.340 e. The van der Waals surface area contributed by atoms with E-state index in [0.717, 1.165) is 25.7 Å². The second kappa shape index (κ2) is 5.55. The van der Waals surface area contributed by atoms with Crippen LogP contribution in [0.2, 0.25) is 0 Å². The lowest BCUT2D eigenvalue weighted by Crippen LogP contribution is -2.52. The Balaban J connectivity index is 2.78. The van der Waals surface area contributed by atoms with Gasteiger partial charge in [-0.3, -0.25) is 4.79 Å². The molecule has 1 fully saturated rings. The maximum absolute atomic E-state index is 12.4. The lowest BCUT2D eigenvalue weighted by atomic mass is 9.79. The molecule has 17 heavy (non-hydrogen) atoms. The molecule has 0 heterocycles. The number of terminal acetylenes is 1. The number of carbonyl (C=O) groups is 1. The van der Waals surface area contributed by atoms with Crippen molar-refractivity contribution in [3.8, 4) is 12.3 Å². The summed E-state index contributed by atoms with van der Waals surface area (Å²) in [5, 5.41) is 2.94. The van der Waals surface area contributed by atoms with Crippen LogP contribution in [0, 0.1) is 17.8 Å². The number of nitrogens with two attached hydrogens (primary N) is 1. The third-order valence-corrected chi connectivity index (χ3v) is 3.72. The summed E-state index contributed by atoms with van der Waals surface area (Å²) < 4.78 is 0. The molecule has 1 saturated carbocycles. The van der Waals surface area contributed by atoms with Crippen molar-refractivity contribution in [1.29, 1.82) is 0 Å². The predicted molar refractivity (Wildman–Crippen MR) is 70.2 cm³/mol. The average Bonchev–Trinajstić information content (AvgIpc) is 2.54. The molecular weight excluding hydrogens is 212 g/mol. The van der Waals surface area contributed by atoms with E-state index in [1.54, 1.807) is 0 Å². The van der Waals surface area contributed by atoms with Gasteiger partial charge in [-0.25, -0.2) is 0 Å². The topological polar surface area (TPSA) is 55.1 Å². The minimum atomic E-state index is -0.592. The van der Waals surface area contributed by atoms with Crippen LogP contribution >= 0.6 is 0 Å². The van der Waals surface area contributed by atoms with Gasteiger partial charge in [0.1, 0.15) is 0 Å². The van der Waals surface area contributed by atoms with Gasteiger partial charge in [0.05, 0.1) is 11.0 Å². The molecule has 3 N–H and O–H groups in total. The molecule has 1 rings (SSSR count). The van der Waals surface area contributed by atoms with E-state index in [2.05, 4.69) is 11.2 Å². The molecule has 1 aliphatic rings. The highest BCUT2D eigenvalue weighted by molar-refractivity contribution is 5.84. The van der Waals surface area contributed by atoms with Crippen molar-refractivity contribution >= 4 is 5.91 Å². The molecule has 3 nitrogen and oxygen atoms in total. The highest BCUT2D eigenvalue weighted by Gasteiger charge is 2.38. The lowest BCUT2D eigenvalue weighted by molar-refractivity contribution is -0.132. The molecule has 0 aromatic carbocycles. The van der Waals surface area contributed by atoms with Crippen LogP contribution in [0.1, 0.15) is 52.4 Å². The predicted octanol–water partition coefficient (Wildman–Crippen LogP) is 1.81. The summed E-state index contributed by atoms with van der Waals surface area (Å²) >= 11 is 0. The van der Waals surface area contributed by atoms with Crippen LogP contribution in [0.4, 0.5) is 0 Å². The SMILES string of the molecule is C#CC(C)(C)NC(=O)C1(CN)CCCCCC1. The van der Waals surface area contributed by atoms with E-state index in [1.165, 1.54) is 12.8 Å². The van der Waals surface area contributed by atoms with Crippen molar-refractivity contribution in [3.05, 3.63) is 0 Å². The van der Waals surface area contributed by atoms with Gasteiger partial charge in [0.25, 0.3) is 0 Å². The summed E-state index contributed by atoms with van der Waals surface area (Å²) in [5.41, 5.74) is 4.87. The number of hydrogen-bond acceptors (Lipinski definition) is 2. The van der Waals surface area contributed by atoms with Gasteiger partial charge in [0.15, 0.2) is 0 Å². The van der Waals surface area contributed by atoms with Gasteiger partial charge in [-0.15, -0.1) is 6.42 Å². The van der Waals surface area contributed by atoms with E-state index in [0.29, 0.717) is 6.54 Å². The summed E-state index contributed by atoms with van der Waals surface area (Å²) in [4.78, 5) is 12.4. The highest BCUT2D eigenvalue weighted by atomic mass is 16.2. The number of amides is 1. The van der Waals surface area contributed by atoms with Crippen molar-refractivity contribution in [2.24, 2.45) is 11.1 Å². The molecule has 0 aliphatic heterocycles. The quantitative estimate of drug-likeness (QED) is 0.580. The van der Waals surface area contributed by atoms with Crippen LogP contribution < -0.4 is 11.1 Å². The molecular formula is C14H24N2O. The average molecular weight is 236 g/mol. The molecule has 1 aliphatic carbocycles. The van der Waals surface area contributed by atoms with Gasteiger partial charge in [-0.1, -0.05) is 31.6 Å². The van der Waals surface area contributed by atoms with E-state index >= 15 is 0 Å². The fraction of sp³-hybridized carbons (Fsp3) is 0.786. The maximum Gasteiger partial charge on any atom is 0.228 e. The van der Waals surface area contributed by atoms with Gasteiger partial charge < -0.3 is 11.1 Å². The lowest BCUT2D eigenvalue weighted by Gasteiger charge is -2.33. The number of hydrogen-bond donors (Lipinski definition) is 2. The Kier molecular flexibility index (Phi) is 4.59. The molecule has 0 spiro atoms. The zero-order valence-electron chi connectivity index (χ0n) is 11.0. The Hall–Kier alpha value is -1.01. The van der Waals surface area contributed by atoms with Crippen molar-refractivity contribution in [2.75, 3.05) is 6.54 Å². The molecule has 0 saturated heterocycles. The normalized spacial score (nSPS) is 20.1. The molecule has 0 aromatic heterocycles. The van der Waals surface area contributed by atoms with E-state index in [4.69, 9.17) is 12.2 Å². The minimum absolute atomic E-state index is 0.0323. The van der Waals surface area contributed by atoms with Gasteiger partial charge in [-0.05, 0) is 26.7 Å². The maximum atomic E-state index is 12.4. The standard InChI is InChI=1S/C14H24N2O/c1-4-13(2,3)16-12(17)14(11-15)9-7-5-6-8-10-14/h1H,5-11,15H2,2-3H3,(H,16,17). The summed E-state index contributed by atoms with van der Waals surface area (Å²) in [5.74, 6) is 2.63. The van der Waals surface area contributed by atoms with Crippen molar-refractivity contribution in [1.82, 2.24) is 5.32 Å². The molecule has 0 aromatic rings.